The Morgan fingerprint density at radius 2 is 2.06 bits per heavy atom. The van der Waals surface area contributed by atoms with Crippen LogP contribution >= 0.6 is 0 Å². The standard InChI is InChI=1S/C13H20N2O/c1-9(2)16-12-4-3-11(14)7-10(12)8-13(15)5-6-13/h3-4,7,9H,5-6,8,14-15H2,1-2H3. The second kappa shape index (κ2) is 3.98. The average molecular weight is 220 g/mol. The number of anilines is 1. The van der Waals surface area contributed by atoms with Gasteiger partial charge in [0.2, 0.25) is 0 Å². The molecule has 0 bridgehead atoms. The van der Waals surface area contributed by atoms with Gasteiger partial charge in [0.1, 0.15) is 5.75 Å². The Hall–Kier alpha value is -1.22. The van der Waals surface area contributed by atoms with Crippen LogP contribution in [0.3, 0.4) is 0 Å². The quantitative estimate of drug-likeness (QED) is 0.764. The van der Waals surface area contributed by atoms with Crippen molar-refractivity contribution in [3.8, 4) is 5.75 Å². The van der Waals surface area contributed by atoms with Gasteiger partial charge >= 0.3 is 0 Å². The fourth-order valence-electron chi connectivity index (χ4n) is 1.82. The maximum atomic E-state index is 6.13. The van der Waals surface area contributed by atoms with Crippen LogP contribution in [-0.2, 0) is 6.42 Å². The van der Waals surface area contributed by atoms with Crippen molar-refractivity contribution in [2.75, 3.05) is 5.73 Å². The van der Waals surface area contributed by atoms with Crippen LogP contribution in [0.2, 0.25) is 0 Å². The van der Waals surface area contributed by atoms with E-state index in [-0.39, 0.29) is 11.6 Å². The summed E-state index contributed by atoms with van der Waals surface area (Å²) in [4.78, 5) is 0. The van der Waals surface area contributed by atoms with Gasteiger partial charge in [-0.1, -0.05) is 0 Å². The topological polar surface area (TPSA) is 61.3 Å². The van der Waals surface area contributed by atoms with Gasteiger partial charge in [-0.25, -0.2) is 0 Å². The summed E-state index contributed by atoms with van der Waals surface area (Å²) in [7, 11) is 0. The summed E-state index contributed by atoms with van der Waals surface area (Å²) in [5.41, 5.74) is 13.8. The molecule has 0 aromatic heterocycles. The zero-order valence-corrected chi connectivity index (χ0v) is 9.99. The lowest BCUT2D eigenvalue weighted by Crippen LogP contribution is -2.25. The first-order valence-electron chi connectivity index (χ1n) is 5.82. The molecule has 0 amide bonds. The molecule has 2 rings (SSSR count). The molecule has 1 aromatic carbocycles. The predicted octanol–water partition coefficient (Wildman–Crippen LogP) is 2.09. The van der Waals surface area contributed by atoms with E-state index in [1.807, 2.05) is 32.0 Å². The third-order valence-corrected chi connectivity index (χ3v) is 2.88. The van der Waals surface area contributed by atoms with Crippen molar-refractivity contribution in [3.05, 3.63) is 23.8 Å². The molecule has 0 unspecified atom stereocenters. The van der Waals surface area contributed by atoms with Crippen LogP contribution in [0.4, 0.5) is 5.69 Å². The average Bonchev–Trinajstić information content (AvgIpc) is 2.88. The van der Waals surface area contributed by atoms with E-state index in [2.05, 4.69) is 0 Å². The largest absolute Gasteiger partial charge is 0.491 e. The Morgan fingerprint density at radius 1 is 1.38 bits per heavy atom. The lowest BCUT2D eigenvalue weighted by atomic mass is 10.0. The molecule has 4 N–H and O–H groups in total. The molecule has 0 spiro atoms. The fourth-order valence-corrected chi connectivity index (χ4v) is 1.82. The molecule has 0 heterocycles. The number of nitrogen functional groups attached to an aromatic ring is 1. The third-order valence-electron chi connectivity index (χ3n) is 2.88. The zero-order valence-electron chi connectivity index (χ0n) is 9.99. The van der Waals surface area contributed by atoms with Crippen molar-refractivity contribution >= 4 is 5.69 Å². The van der Waals surface area contributed by atoms with Crippen molar-refractivity contribution in [2.24, 2.45) is 5.73 Å². The summed E-state index contributed by atoms with van der Waals surface area (Å²) >= 11 is 0. The van der Waals surface area contributed by atoms with Crippen molar-refractivity contribution < 1.29 is 4.74 Å². The molecule has 3 nitrogen and oxygen atoms in total. The number of ether oxygens (including phenoxy) is 1. The molecule has 1 fully saturated rings. The van der Waals surface area contributed by atoms with Crippen LogP contribution in [0, 0.1) is 0 Å². The van der Waals surface area contributed by atoms with Gasteiger partial charge < -0.3 is 16.2 Å². The Balaban J connectivity index is 2.21. The molecule has 1 saturated carbocycles. The summed E-state index contributed by atoms with van der Waals surface area (Å²) in [6.07, 6.45) is 3.24. The van der Waals surface area contributed by atoms with Gasteiger partial charge in [-0.2, -0.15) is 0 Å². The summed E-state index contributed by atoms with van der Waals surface area (Å²) < 4.78 is 5.76. The van der Waals surface area contributed by atoms with Gasteiger partial charge in [-0.15, -0.1) is 0 Å². The first-order valence-corrected chi connectivity index (χ1v) is 5.82. The Bertz CT molecular complexity index is 384. The van der Waals surface area contributed by atoms with E-state index in [1.54, 1.807) is 0 Å². The molecule has 0 aliphatic heterocycles. The van der Waals surface area contributed by atoms with Crippen molar-refractivity contribution in [2.45, 2.75) is 44.8 Å². The van der Waals surface area contributed by atoms with Crippen molar-refractivity contribution in [1.82, 2.24) is 0 Å². The number of hydrogen-bond acceptors (Lipinski definition) is 3. The first-order chi connectivity index (χ1) is 7.48. The van der Waals surface area contributed by atoms with Gasteiger partial charge in [0.25, 0.3) is 0 Å². The summed E-state index contributed by atoms with van der Waals surface area (Å²) in [5.74, 6) is 0.918. The molecule has 1 aliphatic carbocycles. The summed E-state index contributed by atoms with van der Waals surface area (Å²) in [6, 6.07) is 5.79. The second-order valence-corrected chi connectivity index (χ2v) is 5.07. The Morgan fingerprint density at radius 3 is 2.62 bits per heavy atom. The van der Waals surface area contributed by atoms with E-state index >= 15 is 0 Å². The van der Waals surface area contributed by atoms with Gasteiger partial charge in [0.05, 0.1) is 6.10 Å². The molecule has 1 aromatic rings. The zero-order chi connectivity index (χ0) is 11.8. The van der Waals surface area contributed by atoms with E-state index in [9.17, 15) is 0 Å². The number of hydrogen-bond donors (Lipinski definition) is 2. The normalized spacial score (nSPS) is 17.5. The van der Waals surface area contributed by atoms with Crippen LogP contribution in [0.25, 0.3) is 0 Å². The molecule has 0 saturated heterocycles. The van der Waals surface area contributed by atoms with Crippen molar-refractivity contribution in [3.63, 3.8) is 0 Å². The van der Waals surface area contributed by atoms with Crippen LogP contribution in [-0.4, -0.2) is 11.6 Å². The van der Waals surface area contributed by atoms with Gasteiger partial charge in [0, 0.05) is 11.2 Å². The Labute approximate surface area is 96.8 Å². The number of nitrogens with two attached hydrogens (primary N) is 2. The number of benzene rings is 1. The minimum absolute atomic E-state index is 0.0110. The van der Waals surface area contributed by atoms with E-state index in [0.29, 0.717) is 0 Å². The smallest absolute Gasteiger partial charge is 0.123 e. The van der Waals surface area contributed by atoms with Crippen LogP contribution < -0.4 is 16.2 Å². The highest BCUT2D eigenvalue weighted by Crippen LogP contribution is 2.38. The van der Waals surface area contributed by atoms with E-state index < -0.39 is 0 Å². The maximum absolute atomic E-state index is 6.13. The SMILES string of the molecule is CC(C)Oc1ccc(N)cc1CC1(N)CC1. The molecule has 16 heavy (non-hydrogen) atoms. The monoisotopic (exact) mass is 220 g/mol. The molecular weight excluding hydrogens is 200 g/mol. The molecular formula is C13H20N2O. The molecule has 88 valence electrons. The van der Waals surface area contributed by atoms with E-state index in [0.717, 1.165) is 36.3 Å². The lowest BCUT2D eigenvalue weighted by Gasteiger charge is -2.17. The highest BCUT2D eigenvalue weighted by molar-refractivity contribution is 5.49. The van der Waals surface area contributed by atoms with Gasteiger partial charge in [0.15, 0.2) is 0 Å². The summed E-state index contributed by atoms with van der Waals surface area (Å²) in [5, 5.41) is 0. The molecule has 0 atom stereocenters. The second-order valence-electron chi connectivity index (χ2n) is 5.07. The first kappa shape index (κ1) is 11.3. The van der Waals surface area contributed by atoms with Crippen molar-refractivity contribution in [1.29, 1.82) is 0 Å². The lowest BCUT2D eigenvalue weighted by molar-refractivity contribution is 0.239. The fraction of sp³-hybridized carbons (Fsp3) is 0.538. The van der Waals surface area contributed by atoms with Gasteiger partial charge in [-0.3, -0.25) is 0 Å². The van der Waals surface area contributed by atoms with Crippen LogP contribution in [0.15, 0.2) is 18.2 Å². The minimum Gasteiger partial charge on any atom is -0.491 e. The molecule has 1 aliphatic rings. The molecule has 0 radical (unpaired) electrons. The van der Waals surface area contributed by atoms with E-state index in [1.165, 1.54) is 0 Å². The summed E-state index contributed by atoms with van der Waals surface area (Å²) in [6.45, 7) is 4.05. The number of rotatable bonds is 4. The molecule has 3 heteroatoms. The Kier molecular flexibility index (Phi) is 2.80. The van der Waals surface area contributed by atoms with Crippen LogP contribution in [0.5, 0.6) is 5.75 Å². The minimum atomic E-state index is -0.0110. The van der Waals surface area contributed by atoms with Crippen LogP contribution in [0.1, 0.15) is 32.3 Å². The highest BCUT2D eigenvalue weighted by atomic mass is 16.5. The third kappa shape index (κ3) is 2.67. The van der Waals surface area contributed by atoms with Gasteiger partial charge in [-0.05, 0) is 56.9 Å². The predicted molar refractivity (Wildman–Crippen MR) is 66.5 cm³/mol. The van der Waals surface area contributed by atoms with E-state index in [4.69, 9.17) is 16.2 Å². The maximum Gasteiger partial charge on any atom is 0.123 e. The highest BCUT2D eigenvalue weighted by Gasteiger charge is 2.38.